The number of aromatic nitrogens is 2. The van der Waals surface area contributed by atoms with E-state index >= 15 is 0 Å². The largest absolute Gasteiger partial charge is 0.398 e. The van der Waals surface area contributed by atoms with Crippen LogP contribution < -0.4 is 5.73 Å². The summed E-state index contributed by atoms with van der Waals surface area (Å²) in [6.07, 6.45) is 8.04. The lowest BCUT2D eigenvalue weighted by molar-refractivity contribution is -0.0394. The van der Waals surface area contributed by atoms with Crippen molar-refractivity contribution in [2.75, 3.05) is 6.61 Å². The van der Waals surface area contributed by atoms with Gasteiger partial charge in [-0.1, -0.05) is 0 Å². The number of allylic oxidation sites excluding steroid dienone is 1. The number of hydrogen-bond acceptors (Lipinski definition) is 4. The zero-order valence-electron chi connectivity index (χ0n) is 8.97. The van der Waals surface area contributed by atoms with Crippen molar-refractivity contribution in [3.8, 4) is 6.07 Å². The number of hydrogen-bond donors (Lipinski definition) is 1. The van der Waals surface area contributed by atoms with Gasteiger partial charge in [-0.15, -0.1) is 0 Å². The molecule has 5 heteroatoms. The third-order valence-corrected chi connectivity index (χ3v) is 2.61. The van der Waals surface area contributed by atoms with Crippen molar-refractivity contribution in [3.05, 3.63) is 24.0 Å². The Kier molecular flexibility index (Phi) is 3.22. The molecule has 0 bridgehead atoms. The van der Waals surface area contributed by atoms with E-state index in [1.165, 1.54) is 6.08 Å². The van der Waals surface area contributed by atoms with Crippen molar-refractivity contribution >= 4 is 5.70 Å². The summed E-state index contributed by atoms with van der Waals surface area (Å²) in [6, 6.07) is 1.90. The van der Waals surface area contributed by atoms with Crippen LogP contribution in [0, 0.1) is 11.3 Å². The van der Waals surface area contributed by atoms with Gasteiger partial charge in [0.1, 0.15) is 6.23 Å². The summed E-state index contributed by atoms with van der Waals surface area (Å²) in [5, 5.41) is 12.7. The number of nitrogens with zero attached hydrogens (tertiary/aromatic N) is 3. The molecule has 0 aromatic carbocycles. The molecule has 84 valence electrons. The smallest absolute Gasteiger partial charge is 0.150 e. The predicted octanol–water partition coefficient (Wildman–Crippen LogP) is 1.41. The van der Waals surface area contributed by atoms with Gasteiger partial charge in [0.25, 0.3) is 0 Å². The minimum atomic E-state index is 0.0115. The first kappa shape index (κ1) is 10.7. The van der Waals surface area contributed by atoms with Gasteiger partial charge in [0.15, 0.2) is 0 Å². The summed E-state index contributed by atoms with van der Waals surface area (Å²) in [5.74, 6) is 0. The Hall–Kier alpha value is -1.80. The number of ether oxygens (including phenoxy) is 1. The fourth-order valence-corrected chi connectivity index (χ4v) is 1.73. The van der Waals surface area contributed by atoms with Crippen LogP contribution in [0.2, 0.25) is 0 Å². The Bertz CT molecular complexity index is 423. The van der Waals surface area contributed by atoms with Crippen LogP contribution in [0.1, 0.15) is 31.1 Å². The van der Waals surface area contributed by atoms with Gasteiger partial charge in [-0.3, -0.25) is 0 Å². The van der Waals surface area contributed by atoms with E-state index in [0.29, 0.717) is 5.70 Å². The standard InChI is InChI=1S/C11H14N4O/c12-5-4-10(13)9-7-14-15(8-9)11-3-1-2-6-16-11/h4,7-8,11H,1-3,6,13H2. The van der Waals surface area contributed by atoms with Crippen LogP contribution in [0.5, 0.6) is 0 Å². The van der Waals surface area contributed by atoms with Gasteiger partial charge < -0.3 is 10.5 Å². The van der Waals surface area contributed by atoms with E-state index < -0.39 is 0 Å². The minimum Gasteiger partial charge on any atom is -0.398 e. The predicted molar refractivity (Wildman–Crippen MR) is 58.8 cm³/mol. The molecule has 0 radical (unpaired) electrons. The van der Waals surface area contributed by atoms with Crippen LogP contribution in [0.3, 0.4) is 0 Å². The van der Waals surface area contributed by atoms with Crippen LogP contribution in [-0.4, -0.2) is 16.4 Å². The summed E-state index contributed by atoms with van der Waals surface area (Å²) >= 11 is 0. The quantitative estimate of drug-likeness (QED) is 0.761. The molecular weight excluding hydrogens is 204 g/mol. The third kappa shape index (κ3) is 2.23. The van der Waals surface area contributed by atoms with Gasteiger partial charge in [0, 0.05) is 24.4 Å². The van der Waals surface area contributed by atoms with E-state index in [9.17, 15) is 0 Å². The van der Waals surface area contributed by atoms with Gasteiger partial charge >= 0.3 is 0 Å². The SMILES string of the molecule is N#CC=C(N)c1cnn(C2CCCCO2)c1. The molecule has 1 aliphatic rings. The van der Waals surface area contributed by atoms with Gasteiger partial charge in [0.05, 0.1) is 18.0 Å². The summed E-state index contributed by atoms with van der Waals surface area (Å²) in [4.78, 5) is 0. The molecule has 0 aliphatic carbocycles. The average Bonchev–Trinajstić information content (AvgIpc) is 2.80. The molecule has 1 aliphatic heterocycles. The highest BCUT2D eigenvalue weighted by Crippen LogP contribution is 2.22. The van der Waals surface area contributed by atoms with Crippen LogP contribution >= 0.6 is 0 Å². The molecule has 16 heavy (non-hydrogen) atoms. The van der Waals surface area contributed by atoms with Crippen LogP contribution in [-0.2, 0) is 4.74 Å². The van der Waals surface area contributed by atoms with E-state index in [4.69, 9.17) is 15.7 Å². The monoisotopic (exact) mass is 218 g/mol. The maximum atomic E-state index is 8.50. The molecule has 1 aromatic rings. The van der Waals surface area contributed by atoms with Crippen molar-refractivity contribution in [1.82, 2.24) is 9.78 Å². The van der Waals surface area contributed by atoms with E-state index in [1.807, 2.05) is 12.3 Å². The Morgan fingerprint density at radius 1 is 1.69 bits per heavy atom. The number of nitriles is 1. The van der Waals surface area contributed by atoms with Gasteiger partial charge in [0.2, 0.25) is 0 Å². The molecular formula is C11H14N4O. The van der Waals surface area contributed by atoms with Gasteiger partial charge in [-0.2, -0.15) is 10.4 Å². The first-order chi connectivity index (χ1) is 7.81. The van der Waals surface area contributed by atoms with Crippen molar-refractivity contribution in [2.24, 2.45) is 5.73 Å². The summed E-state index contributed by atoms with van der Waals surface area (Å²) < 4.78 is 7.36. The molecule has 1 fully saturated rings. The Morgan fingerprint density at radius 3 is 3.25 bits per heavy atom. The highest BCUT2D eigenvalue weighted by atomic mass is 16.5. The van der Waals surface area contributed by atoms with Crippen molar-refractivity contribution in [3.63, 3.8) is 0 Å². The van der Waals surface area contributed by atoms with Crippen molar-refractivity contribution in [1.29, 1.82) is 5.26 Å². The first-order valence-electron chi connectivity index (χ1n) is 5.32. The zero-order chi connectivity index (χ0) is 11.4. The van der Waals surface area contributed by atoms with Gasteiger partial charge in [-0.05, 0) is 19.3 Å². The molecule has 2 N–H and O–H groups in total. The lowest BCUT2D eigenvalue weighted by atomic mass is 10.2. The maximum absolute atomic E-state index is 8.50. The van der Waals surface area contributed by atoms with Crippen LogP contribution in [0.15, 0.2) is 18.5 Å². The fourth-order valence-electron chi connectivity index (χ4n) is 1.73. The van der Waals surface area contributed by atoms with E-state index in [1.54, 1.807) is 10.9 Å². The topological polar surface area (TPSA) is 76.9 Å². The van der Waals surface area contributed by atoms with Crippen molar-refractivity contribution < 1.29 is 4.74 Å². The highest BCUT2D eigenvalue weighted by Gasteiger charge is 2.16. The molecule has 1 saturated heterocycles. The van der Waals surface area contributed by atoms with Crippen molar-refractivity contribution in [2.45, 2.75) is 25.5 Å². The lowest BCUT2D eigenvalue weighted by Crippen LogP contribution is -2.18. The zero-order valence-corrected chi connectivity index (χ0v) is 8.97. The molecule has 2 rings (SSSR count). The molecule has 0 amide bonds. The third-order valence-electron chi connectivity index (χ3n) is 2.61. The Labute approximate surface area is 94.1 Å². The highest BCUT2D eigenvalue weighted by molar-refractivity contribution is 5.63. The van der Waals surface area contributed by atoms with Crippen LogP contribution in [0.4, 0.5) is 0 Å². The molecule has 1 unspecified atom stereocenters. The lowest BCUT2D eigenvalue weighted by Gasteiger charge is -2.22. The normalized spacial score (nSPS) is 21.7. The summed E-state index contributed by atoms with van der Waals surface area (Å²) in [7, 11) is 0. The number of rotatable bonds is 2. The molecule has 1 atom stereocenters. The second-order valence-electron chi connectivity index (χ2n) is 3.76. The summed E-state index contributed by atoms with van der Waals surface area (Å²) in [5.41, 5.74) is 6.89. The number of nitrogens with two attached hydrogens (primary N) is 1. The minimum absolute atomic E-state index is 0.0115. The van der Waals surface area contributed by atoms with E-state index in [0.717, 1.165) is 31.4 Å². The molecule has 0 saturated carbocycles. The molecule has 1 aromatic heterocycles. The van der Waals surface area contributed by atoms with E-state index in [-0.39, 0.29) is 6.23 Å². The Balaban J connectivity index is 2.13. The van der Waals surface area contributed by atoms with Crippen LogP contribution in [0.25, 0.3) is 5.70 Å². The second-order valence-corrected chi connectivity index (χ2v) is 3.76. The molecule has 0 spiro atoms. The fraction of sp³-hybridized carbons (Fsp3) is 0.455. The maximum Gasteiger partial charge on any atom is 0.150 e. The first-order valence-corrected chi connectivity index (χ1v) is 5.32. The second kappa shape index (κ2) is 4.81. The molecule has 2 heterocycles. The Morgan fingerprint density at radius 2 is 2.56 bits per heavy atom. The molecule has 5 nitrogen and oxygen atoms in total. The van der Waals surface area contributed by atoms with Gasteiger partial charge in [-0.25, -0.2) is 4.68 Å². The average molecular weight is 218 g/mol. The van der Waals surface area contributed by atoms with E-state index in [2.05, 4.69) is 5.10 Å². The summed E-state index contributed by atoms with van der Waals surface area (Å²) in [6.45, 7) is 0.781.